The second kappa shape index (κ2) is 7.91. The molecule has 3 rings (SSSR count). The van der Waals surface area contributed by atoms with E-state index in [0.29, 0.717) is 23.1 Å². The van der Waals surface area contributed by atoms with E-state index in [1.54, 1.807) is 20.3 Å². The Morgan fingerprint density at radius 1 is 1.04 bits per heavy atom. The predicted molar refractivity (Wildman–Crippen MR) is 102 cm³/mol. The molecule has 0 unspecified atom stereocenters. The third-order valence-corrected chi connectivity index (χ3v) is 4.47. The Labute approximate surface area is 152 Å². The van der Waals surface area contributed by atoms with Crippen LogP contribution >= 0.6 is 0 Å². The first-order chi connectivity index (χ1) is 12.6. The Balaban J connectivity index is 1.67. The first kappa shape index (κ1) is 17.8. The molecule has 0 saturated heterocycles. The molecule has 1 heterocycles. The monoisotopic (exact) mass is 353 g/mol. The van der Waals surface area contributed by atoms with Gasteiger partial charge in [0, 0.05) is 12.5 Å². The average Bonchev–Trinajstić information content (AvgIpc) is 2.68. The molecule has 2 N–H and O–H groups in total. The van der Waals surface area contributed by atoms with Crippen LogP contribution in [-0.2, 0) is 12.8 Å². The minimum absolute atomic E-state index is 0.206. The molecule has 0 saturated carbocycles. The standard InChI is InChI=1S/C20H23N3O3/c1-25-15-12-11-14(18(13-15)26-2)7-3-6-10-19-22-17-9-5-4-8-16(17)20(24)23(19)21/h4-5,8-9,11-13H,3,6-7,10,21H2,1-2H3. The van der Waals surface area contributed by atoms with Crippen molar-refractivity contribution in [1.82, 2.24) is 9.66 Å². The van der Waals surface area contributed by atoms with Crippen LogP contribution in [-0.4, -0.2) is 23.9 Å². The van der Waals surface area contributed by atoms with Crippen molar-refractivity contribution in [3.8, 4) is 11.5 Å². The zero-order chi connectivity index (χ0) is 18.5. The molecule has 0 aliphatic rings. The molecule has 0 aliphatic heterocycles. The van der Waals surface area contributed by atoms with Gasteiger partial charge in [0.2, 0.25) is 0 Å². The number of hydrogen-bond donors (Lipinski definition) is 1. The smallest absolute Gasteiger partial charge is 0.279 e. The average molecular weight is 353 g/mol. The Morgan fingerprint density at radius 3 is 2.58 bits per heavy atom. The van der Waals surface area contributed by atoms with Crippen molar-refractivity contribution >= 4 is 10.9 Å². The van der Waals surface area contributed by atoms with E-state index in [0.717, 1.165) is 41.0 Å². The van der Waals surface area contributed by atoms with Gasteiger partial charge in [-0.3, -0.25) is 4.79 Å². The van der Waals surface area contributed by atoms with Gasteiger partial charge < -0.3 is 15.3 Å². The number of ether oxygens (including phenoxy) is 2. The van der Waals surface area contributed by atoms with E-state index < -0.39 is 0 Å². The summed E-state index contributed by atoms with van der Waals surface area (Å²) in [7, 11) is 3.29. The highest BCUT2D eigenvalue weighted by molar-refractivity contribution is 5.77. The Morgan fingerprint density at radius 2 is 1.81 bits per heavy atom. The molecular weight excluding hydrogens is 330 g/mol. The van der Waals surface area contributed by atoms with Gasteiger partial charge in [0.05, 0.1) is 25.1 Å². The number of benzene rings is 2. The van der Waals surface area contributed by atoms with Crippen LogP contribution in [0.1, 0.15) is 24.2 Å². The number of nitrogens with two attached hydrogens (primary N) is 1. The summed E-state index contributed by atoms with van der Waals surface area (Å²) in [6.45, 7) is 0. The molecule has 0 atom stereocenters. The molecule has 0 aliphatic carbocycles. The molecule has 0 amide bonds. The molecule has 2 aromatic carbocycles. The molecule has 0 bridgehead atoms. The number of nitrogens with zero attached hydrogens (tertiary/aromatic N) is 2. The predicted octanol–water partition coefficient (Wildman–Crippen LogP) is 2.69. The van der Waals surface area contributed by atoms with E-state index in [-0.39, 0.29) is 5.56 Å². The molecule has 0 fully saturated rings. The van der Waals surface area contributed by atoms with Crippen LogP contribution in [0.2, 0.25) is 0 Å². The first-order valence-electron chi connectivity index (χ1n) is 8.60. The lowest BCUT2D eigenvalue weighted by molar-refractivity contribution is 0.390. The summed E-state index contributed by atoms with van der Waals surface area (Å²) < 4.78 is 11.8. The zero-order valence-corrected chi connectivity index (χ0v) is 15.1. The van der Waals surface area contributed by atoms with Crippen LogP contribution in [0.5, 0.6) is 11.5 Å². The fourth-order valence-corrected chi connectivity index (χ4v) is 3.03. The maximum Gasteiger partial charge on any atom is 0.279 e. The van der Waals surface area contributed by atoms with Gasteiger partial charge in [-0.15, -0.1) is 0 Å². The van der Waals surface area contributed by atoms with Crippen molar-refractivity contribution in [2.24, 2.45) is 0 Å². The fraction of sp³-hybridized carbons (Fsp3) is 0.300. The molecule has 6 nitrogen and oxygen atoms in total. The molecule has 1 aromatic heterocycles. The van der Waals surface area contributed by atoms with Crippen LogP contribution in [0.25, 0.3) is 10.9 Å². The second-order valence-corrected chi connectivity index (χ2v) is 6.11. The summed E-state index contributed by atoms with van der Waals surface area (Å²) in [6.07, 6.45) is 3.33. The molecule has 6 heteroatoms. The molecule has 3 aromatic rings. The van der Waals surface area contributed by atoms with E-state index in [4.69, 9.17) is 15.3 Å². The Bertz CT molecular complexity index is 966. The largest absolute Gasteiger partial charge is 0.497 e. The van der Waals surface area contributed by atoms with Gasteiger partial charge in [-0.1, -0.05) is 18.2 Å². The van der Waals surface area contributed by atoms with Crippen LogP contribution in [0, 0.1) is 0 Å². The highest BCUT2D eigenvalue weighted by atomic mass is 16.5. The highest BCUT2D eigenvalue weighted by Gasteiger charge is 2.09. The second-order valence-electron chi connectivity index (χ2n) is 6.11. The summed E-state index contributed by atoms with van der Waals surface area (Å²) in [6, 6.07) is 13.1. The lowest BCUT2D eigenvalue weighted by Crippen LogP contribution is -2.31. The van der Waals surface area contributed by atoms with Gasteiger partial charge >= 0.3 is 0 Å². The van der Waals surface area contributed by atoms with Gasteiger partial charge in [-0.2, -0.15) is 0 Å². The van der Waals surface area contributed by atoms with Gasteiger partial charge in [0.15, 0.2) is 0 Å². The van der Waals surface area contributed by atoms with Crippen molar-refractivity contribution in [1.29, 1.82) is 0 Å². The lowest BCUT2D eigenvalue weighted by atomic mass is 10.1. The number of unbranched alkanes of at least 4 members (excludes halogenated alkanes) is 1. The number of aryl methyl sites for hydroxylation is 2. The fourth-order valence-electron chi connectivity index (χ4n) is 3.03. The summed E-state index contributed by atoms with van der Waals surface area (Å²) in [4.78, 5) is 16.9. The summed E-state index contributed by atoms with van der Waals surface area (Å²) in [5.74, 6) is 8.13. The number of aromatic nitrogens is 2. The molecule has 26 heavy (non-hydrogen) atoms. The van der Waals surface area contributed by atoms with Crippen LogP contribution < -0.4 is 20.9 Å². The van der Waals surface area contributed by atoms with Gasteiger partial charge in [0.1, 0.15) is 17.3 Å². The number of nitrogen functional groups attached to an aromatic ring is 1. The minimum atomic E-state index is -0.206. The maximum atomic E-state index is 12.3. The van der Waals surface area contributed by atoms with Crippen LogP contribution in [0.4, 0.5) is 0 Å². The van der Waals surface area contributed by atoms with Crippen molar-refractivity contribution in [2.75, 3.05) is 20.1 Å². The minimum Gasteiger partial charge on any atom is -0.497 e. The van der Waals surface area contributed by atoms with E-state index in [2.05, 4.69) is 4.98 Å². The third kappa shape index (κ3) is 3.64. The van der Waals surface area contributed by atoms with Gasteiger partial charge in [-0.05, 0) is 43.0 Å². The van der Waals surface area contributed by atoms with Crippen LogP contribution in [0.15, 0.2) is 47.3 Å². The summed E-state index contributed by atoms with van der Waals surface area (Å²) in [5, 5.41) is 0.543. The number of rotatable bonds is 7. The molecular formula is C20H23N3O3. The quantitative estimate of drug-likeness (QED) is 0.522. The lowest BCUT2D eigenvalue weighted by Gasteiger charge is -2.11. The summed E-state index contributed by atoms with van der Waals surface area (Å²) in [5.41, 5.74) is 1.61. The van der Waals surface area contributed by atoms with E-state index in [9.17, 15) is 4.79 Å². The normalized spacial score (nSPS) is 10.8. The number of para-hydroxylation sites is 1. The zero-order valence-electron chi connectivity index (χ0n) is 15.1. The van der Waals surface area contributed by atoms with Crippen molar-refractivity contribution < 1.29 is 9.47 Å². The highest BCUT2D eigenvalue weighted by Crippen LogP contribution is 2.26. The van der Waals surface area contributed by atoms with E-state index >= 15 is 0 Å². The molecule has 0 radical (unpaired) electrons. The van der Waals surface area contributed by atoms with Crippen LogP contribution in [0.3, 0.4) is 0 Å². The van der Waals surface area contributed by atoms with Gasteiger partial charge in [-0.25, -0.2) is 9.66 Å². The SMILES string of the molecule is COc1ccc(CCCCc2nc3ccccc3c(=O)n2N)c(OC)c1. The molecule has 136 valence electrons. The van der Waals surface area contributed by atoms with Crippen molar-refractivity contribution in [3.63, 3.8) is 0 Å². The van der Waals surface area contributed by atoms with Crippen molar-refractivity contribution in [3.05, 3.63) is 64.2 Å². The maximum absolute atomic E-state index is 12.3. The van der Waals surface area contributed by atoms with E-state index in [1.807, 2.05) is 36.4 Å². The summed E-state index contributed by atoms with van der Waals surface area (Å²) >= 11 is 0. The van der Waals surface area contributed by atoms with Crippen molar-refractivity contribution in [2.45, 2.75) is 25.7 Å². The first-order valence-corrected chi connectivity index (χ1v) is 8.60. The van der Waals surface area contributed by atoms with E-state index in [1.165, 1.54) is 0 Å². The number of fused-ring (bicyclic) bond motifs is 1. The topological polar surface area (TPSA) is 79.4 Å². The molecule has 0 spiro atoms. The third-order valence-electron chi connectivity index (χ3n) is 4.47. The Kier molecular flexibility index (Phi) is 5.41. The van der Waals surface area contributed by atoms with Gasteiger partial charge in [0.25, 0.3) is 5.56 Å². The number of methoxy groups -OCH3 is 2. The number of hydrogen-bond acceptors (Lipinski definition) is 5. The Hall–Kier alpha value is -3.02.